The van der Waals surface area contributed by atoms with E-state index in [2.05, 4.69) is 45.1 Å². The number of hydrogen-bond acceptors (Lipinski definition) is 3. The van der Waals surface area contributed by atoms with E-state index in [4.69, 9.17) is 0 Å². The summed E-state index contributed by atoms with van der Waals surface area (Å²) in [5, 5.41) is 8.20. The summed E-state index contributed by atoms with van der Waals surface area (Å²) in [6.45, 7) is 7.64. The van der Waals surface area contributed by atoms with Crippen LogP contribution < -0.4 is 5.32 Å². The Kier molecular flexibility index (Phi) is 3.71. The number of aromatic nitrogens is 2. The lowest BCUT2D eigenvalue weighted by Gasteiger charge is -2.39. The average molecular weight is 327 g/mol. The van der Waals surface area contributed by atoms with E-state index < -0.39 is 0 Å². The van der Waals surface area contributed by atoms with Crippen molar-refractivity contribution in [2.45, 2.75) is 45.3 Å². The fourth-order valence-corrected chi connectivity index (χ4v) is 3.49. The number of hydrogen-bond donors (Lipinski definition) is 1. The molecule has 1 saturated carbocycles. The Hall–Kier alpha value is -0.390. The predicted octanol–water partition coefficient (Wildman–Crippen LogP) is 2.06. The second kappa shape index (κ2) is 5.19. The van der Waals surface area contributed by atoms with Crippen molar-refractivity contribution in [2.24, 2.45) is 13.0 Å². The van der Waals surface area contributed by atoms with Crippen LogP contribution >= 0.6 is 15.9 Å². The Morgan fingerprint density at radius 1 is 1.42 bits per heavy atom. The molecule has 1 saturated heterocycles. The third-order valence-corrected chi connectivity index (χ3v) is 5.57. The van der Waals surface area contributed by atoms with E-state index >= 15 is 0 Å². The second-order valence-corrected chi connectivity index (χ2v) is 6.89. The van der Waals surface area contributed by atoms with Crippen LogP contribution in [0, 0.1) is 12.8 Å². The topological polar surface area (TPSA) is 33.1 Å². The molecule has 5 heteroatoms. The van der Waals surface area contributed by atoms with Gasteiger partial charge in [0.05, 0.1) is 15.9 Å². The van der Waals surface area contributed by atoms with Crippen molar-refractivity contribution in [3.8, 4) is 0 Å². The van der Waals surface area contributed by atoms with Gasteiger partial charge in [0, 0.05) is 38.8 Å². The Morgan fingerprint density at radius 2 is 2.16 bits per heavy atom. The molecular weight excluding hydrogens is 304 g/mol. The summed E-state index contributed by atoms with van der Waals surface area (Å²) in [5.74, 6) is 0.923. The second-order valence-electron chi connectivity index (χ2n) is 6.10. The third kappa shape index (κ3) is 2.73. The number of piperazine rings is 1. The lowest BCUT2D eigenvalue weighted by Crippen LogP contribution is -2.55. The molecule has 0 spiro atoms. The van der Waals surface area contributed by atoms with Gasteiger partial charge in [0.15, 0.2) is 0 Å². The highest BCUT2D eigenvalue weighted by molar-refractivity contribution is 9.10. The Balaban J connectivity index is 1.73. The third-order valence-electron chi connectivity index (χ3n) is 4.54. The van der Waals surface area contributed by atoms with Crippen LogP contribution in [-0.2, 0) is 13.6 Å². The van der Waals surface area contributed by atoms with Crippen molar-refractivity contribution in [1.82, 2.24) is 20.0 Å². The van der Waals surface area contributed by atoms with Crippen LogP contribution in [0.3, 0.4) is 0 Å². The highest BCUT2D eigenvalue weighted by atomic mass is 79.9. The molecule has 1 aliphatic carbocycles. The maximum atomic E-state index is 4.50. The van der Waals surface area contributed by atoms with Gasteiger partial charge in [-0.3, -0.25) is 9.58 Å². The molecule has 1 aromatic rings. The van der Waals surface area contributed by atoms with Gasteiger partial charge in [-0.05, 0) is 48.5 Å². The summed E-state index contributed by atoms with van der Waals surface area (Å²) >= 11 is 3.68. The number of nitrogens with one attached hydrogen (secondary N) is 1. The fraction of sp³-hybridized carbons (Fsp3) is 0.786. The summed E-state index contributed by atoms with van der Waals surface area (Å²) in [4.78, 5) is 2.60. The molecule has 2 heterocycles. The van der Waals surface area contributed by atoms with E-state index in [0.29, 0.717) is 12.1 Å². The van der Waals surface area contributed by atoms with Gasteiger partial charge in [0.1, 0.15) is 0 Å². The van der Waals surface area contributed by atoms with Gasteiger partial charge in [0.2, 0.25) is 0 Å². The minimum atomic E-state index is 0.595. The summed E-state index contributed by atoms with van der Waals surface area (Å²) in [5.41, 5.74) is 2.37. The van der Waals surface area contributed by atoms with Crippen molar-refractivity contribution < 1.29 is 0 Å². The van der Waals surface area contributed by atoms with Crippen LogP contribution in [0.5, 0.6) is 0 Å². The number of rotatable bonds is 3. The fourth-order valence-electron chi connectivity index (χ4n) is 3.03. The van der Waals surface area contributed by atoms with E-state index in [1.54, 1.807) is 0 Å². The van der Waals surface area contributed by atoms with Crippen molar-refractivity contribution in [1.29, 1.82) is 0 Å². The summed E-state index contributed by atoms with van der Waals surface area (Å²) in [7, 11) is 2.04. The zero-order chi connectivity index (χ0) is 13.6. The highest BCUT2D eigenvalue weighted by Crippen LogP contribution is 2.34. The van der Waals surface area contributed by atoms with Gasteiger partial charge in [-0.25, -0.2) is 0 Å². The summed E-state index contributed by atoms with van der Waals surface area (Å²) in [6, 6.07) is 1.29. The molecule has 1 aromatic heterocycles. The molecule has 4 nitrogen and oxygen atoms in total. The van der Waals surface area contributed by atoms with Crippen molar-refractivity contribution in [3.63, 3.8) is 0 Å². The SMILES string of the molecule is Cc1nn(C)c(CN2CC(C3CC3)NCC2C)c1Br. The summed E-state index contributed by atoms with van der Waals surface area (Å²) < 4.78 is 3.18. The van der Waals surface area contributed by atoms with Crippen LogP contribution in [0.4, 0.5) is 0 Å². The van der Waals surface area contributed by atoms with E-state index in [-0.39, 0.29) is 0 Å². The molecule has 0 aromatic carbocycles. The van der Waals surface area contributed by atoms with Crippen molar-refractivity contribution >= 4 is 15.9 Å². The maximum Gasteiger partial charge on any atom is 0.0739 e. The van der Waals surface area contributed by atoms with Crippen molar-refractivity contribution in [3.05, 3.63) is 15.9 Å². The number of halogens is 1. The Labute approximate surface area is 123 Å². The lowest BCUT2D eigenvalue weighted by atomic mass is 10.1. The maximum absolute atomic E-state index is 4.50. The molecule has 2 atom stereocenters. The van der Waals surface area contributed by atoms with Crippen LogP contribution in [0.25, 0.3) is 0 Å². The van der Waals surface area contributed by atoms with Gasteiger partial charge >= 0.3 is 0 Å². The monoisotopic (exact) mass is 326 g/mol. The van der Waals surface area contributed by atoms with Crippen molar-refractivity contribution in [2.75, 3.05) is 13.1 Å². The molecule has 1 N–H and O–H groups in total. The van der Waals surface area contributed by atoms with Gasteiger partial charge in [0.25, 0.3) is 0 Å². The van der Waals surface area contributed by atoms with Crippen LogP contribution in [0.1, 0.15) is 31.2 Å². The Morgan fingerprint density at radius 3 is 2.74 bits per heavy atom. The van der Waals surface area contributed by atoms with Crippen LogP contribution in [0.15, 0.2) is 4.47 Å². The zero-order valence-corrected chi connectivity index (χ0v) is 13.6. The minimum Gasteiger partial charge on any atom is -0.311 e. The van der Waals surface area contributed by atoms with Gasteiger partial charge in [-0.15, -0.1) is 0 Å². The molecule has 0 amide bonds. The number of nitrogens with zero attached hydrogens (tertiary/aromatic N) is 3. The van der Waals surface area contributed by atoms with Gasteiger partial charge < -0.3 is 5.32 Å². The first-order chi connectivity index (χ1) is 9.06. The summed E-state index contributed by atoms with van der Waals surface area (Å²) in [6.07, 6.45) is 2.82. The van der Waals surface area contributed by atoms with Gasteiger partial charge in [-0.2, -0.15) is 5.10 Å². The predicted molar refractivity (Wildman–Crippen MR) is 80.0 cm³/mol. The van der Waals surface area contributed by atoms with Crippen LogP contribution in [0.2, 0.25) is 0 Å². The molecule has 3 rings (SSSR count). The Bertz CT molecular complexity index is 466. The largest absolute Gasteiger partial charge is 0.311 e. The molecule has 2 fully saturated rings. The first-order valence-electron chi connectivity index (χ1n) is 7.21. The lowest BCUT2D eigenvalue weighted by molar-refractivity contribution is 0.122. The first kappa shape index (κ1) is 13.6. The van der Waals surface area contributed by atoms with E-state index in [0.717, 1.165) is 24.7 Å². The van der Waals surface area contributed by atoms with Gasteiger partial charge in [-0.1, -0.05) is 0 Å². The quantitative estimate of drug-likeness (QED) is 0.923. The van der Waals surface area contributed by atoms with E-state index in [9.17, 15) is 0 Å². The minimum absolute atomic E-state index is 0.595. The molecular formula is C14H23BrN4. The average Bonchev–Trinajstić information content (AvgIpc) is 3.17. The smallest absolute Gasteiger partial charge is 0.0739 e. The number of aryl methyl sites for hydroxylation is 2. The van der Waals surface area contributed by atoms with E-state index in [1.807, 2.05) is 11.7 Å². The molecule has 2 aliphatic rings. The first-order valence-corrected chi connectivity index (χ1v) is 8.01. The van der Waals surface area contributed by atoms with E-state index in [1.165, 1.54) is 29.6 Å². The highest BCUT2D eigenvalue weighted by Gasteiger charge is 2.36. The zero-order valence-electron chi connectivity index (χ0n) is 12.0. The molecule has 19 heavy (non-hydrogen) atoms. The normalized spacial score (nSPS) is 28.8. The van der Waals surface area contributed by atoms with Crippen LogP contribution in [-0.4, -0.2) is 39.9 Å². The standard InChI is InChI=1S/C14H23BrN4/c1-9-6-16-12(11-4-5-11)7-19(9)8-13-14(15)10(2)17-18(13)3/h9,11-12,16H,4-8H2,1-3H3. The molecule has 1 aliphatic heterocycles. The molecule has 0 bridgehead atoms. The molecule has 106 valence electrons. The molecule has 2 unspecified atom stereocenters. The molecule has 0 radical (unpaired) electrons.